The van der Waals surface area contributed by atoms with Crippen LogP contribution in [0.3, 0.4) is 0 Å². The summed E-state index contributed by atoms with van der Waals surface area (Å²) in [5, 5.41) is 12.6. The van der Waals surface area contributed by atoms with Crippen LogP contribution in [-0.2, 0) is 0 Å². The number of piperidine rings is 1. The normalized spacial score (nSPS) is 29.2. The Morgan fingerprint density at radius 3 is 2.82 bits per heavy atom. The van der Waals surface area contributed by atoms with Gasteiger partial charge in [-0.2, -0.15) is 0 Å². The average Bonchev–Trinajstić information content (AvgIpc) is 2.36. The van der Waals surface area contributed by atoms with Crippen LogP contribution >= 0.6 is 0 Å². The minimum absolute atomic E-state index is 0.318. The second kappa shape index (κ2) is 8.71. The van der Waals surface area contributed by atoms with Crippen LogP contribution in [0.4, 0.5) is 0 Å². The first-order chi connectivity index (χ1) is 8.33. The molecule has 17 heavy (non-hydrogen) atoms. The van der Waals surface area contributed by atoms with Crippen molar-refractivity contribution in [1.29, 1.82) is 0 Å². The molecular formula is C15H29NO. The van der Waals surface area contributed by atoms with Gasteiger partial charge in [0.1, 0.15) is 0 Å². The highest BCUT2D eigenvalue weighted by atomic mass is 16.2. The van der Waals surface area contributed by atoms with E-state index in [0.29, 0.717) is 12.6 Å². The van der Waals surface area contributed by atoms with Gasteiger partial charge >= 0.3 is 0 Å². The smallest absolute Gasteiger partial charge is 0.0431 e. The number of nitrogens with one attached hydrogen (secondary N) is 1. The standard InChI is InChI=1S/C15H29NO/c1-3-5-8-13-10-11-16-15(9-6-12-17)14(13)7-4-2/h4,13-17H,2-3,5-12H2,1H3/t13-,14+,15-/m0/s1. The zero-order valence-corrected chi connectivity index (χ0v) is 11.3. The summed E-state index contributed by atoms with van der Waals surface area (Å²) in [5.41, 5.74) is 0. The molecule has 1 aliphatic heterocycles. The van der Waals surface area contributed by atoms with E-state index in [2.05, 4.69) is 24.9 Å². The van der Waals surface area contributed by atoms with Crippen molar-refractivity contribution in [2.24, 2.45) is 11.8 Å². The van der Waals surface area contributed by atoms with E-state index in [1.165, 1.54) is 25.7 Å². The van der Waals surface area contributed by atoms with Crippen LogP contribution in [0.5, 0.6) is 0 Å². The summed E-state index contributed by atoms with van der Waals surface area (Å²) in [5.74, 6) is 1.59. The number of aliphatic hydroxyl groups is 1. The van der Waals surface area contributed by atoms with E-state index in [-0.39, 0.29) is 0 Å². The quantitative estimate of drug-likeness (QED) is 0.638. The largest absolute Gasteiger partial charge is 0.396 e. The monoisotopic (exact) mass is 239 g/mol. The molecule has 1 rings (SSSR count). The van der Waals surface area contributed by atoms with Gasteiger partial charge in [-0.15, -0.1) is 6.58 Å². The molecule has 3 atom stereocenters. The lowest BCUT2D eigenvalue weighted by atomic mass is 9.75. The number of rotatable bonds is 8. The third-order valence-corrected chi connectivity index (χ3v) is 4.08. The van der Waals surface area contributed by atoms with Gasteiger partial charge < -0.3 is 10.4 Å². The molecule has 2 nitrogen and oxygen atoms in total. The summed E-state index contributed by atoms with van der Waals surface area (Å²) in [7, 11) is 0. The minimum Gasteiger partial charge on any atom is -0.396 e. The van der Waals surface area contributed by atoms with Gasteiger partial charge in [-0.1, -0.05) is 32.3 Å². The topological polar surface area (TPSA) is 32.3 Å². The molecule has 0 amide bonds. The molecule has 0 radical (unpaired) electrons. The average molecular weight is 239 g/mol. The van der Waals surface area contributed by atoms with Crippen molar-refractivity contribution < 1.29 is 5.11 Å². The van der Waals surface area contributed by atoms with Crippen LogP contribution in [0.1, 0.15) is 51.9 Å². The summed E-state index contributed by atoms with van der Waals surface area (Å²) in [6.07, 6.45) is 10.6. The van der Waals surface area contributed by atoms with Crippen LogP contribution < -0.4 is 5.32 Å². The molecule has 0 aliphatic carbocycles. The lowest BCUT2D eigenvalue weighted by Crippen LogP contribution is -2.46. The molecule has 0 spiro atoms. The molecule has 0 unspecified atom stereocenters. The molecule has 1 saturated heterocycles. The number of aliphatic hydroxyl groups excluding tert-OH is 1. The Morgan fingerprint density at radius 1 is 1.35 bits per heavy atom. The first-order valence-electron chi connectivity index (χ1n) is 7.28. The Morgan fingerprint density at radius 2 is 2.18 bits per heavy atom. The second-order valence-electron chi connectivity index (χ2n) is 5.31. The highest BCUT2D eigenvalue weighted by molar-refractivity contribution is 4.90. The van der Waals surface area contributed by atoms with Crippen molar-refractivity contribution in [2.45, 2.75) is 57.9 Å². The molecule has 0 aromatic carbocycles. The third-order valence-electron chi connectivity index (χ3n) is 4.08. The zero-order chi connectivity index (χ0) is 12.5. The Labute approximate surface area is 106 Å². The molecule has 0 bridgehead atoms. The van der Waals surface area contributed by atoms with Gasteiger partial charge in [-0.3, -0.25) is 0 Å². The molecule has 1 fully saturated rings. The molecule has 0 aromatic heterocycles. The Bertz CT molecular complexity index is 189. The van der Waals surface area contributed by atoms with Gasteiger partial charge in [-0.05, 0) is 44.1 Å². The van der Waals surface area contributed by atoms with Crippen molar-refractivity contribution in [1.82, 2.24) is 5.32 Å². The van der Waals surface area contributed by atoms with Crippen LogP contribution in [0.25, 0.3) is 0 Å². The Hall–Kier alpha value is -0.340. The number of allylic oxidation sites excluding steroid dienone is 1. The number of hydrogen-bond acceptors (Lipinski definition) is 2. The van der Waals surface area contributed by atoms with E-state index in [1.807, 2.05) is 0 Å². The fraction of sp³-hybridized carbons (Fsp3) is 0.867. The maximum atomic E-state index is 8.97. The summed E-state index contributed by atoms with van der Waals surface area (Å²) in [6, 6.07) is 0.593. The van der Waals surface area contributed by atoms with Crippen LogP contribution in [0.15, 0.2) is 12.7 Å². The molecule has 2 heteroatoms. The van der Waals surface area contributed by atoms with Crippen molar-refractivity contribution in [3.8, 4) is 0 Å². The van der Waals surface area contributed by atoms with Crippen molar-refractivity contribution in [3.63, 3.8) is 0 Å². The van der Waals surface area contributed by atoms with Gasteiger partial charge in [0.2, 0.25) is 0 Å². The van der Waals surface area contributed by atoms with E-state index in [9.17, 15) is 0 Å². The van der Waals surface area contributed by atoms with Crippen molar-refractivity contribution in [2.75, 3.05) is 13.2 Å². The molecule has 2 N–H and O–H groups in total. The van der Waals surface area contributed by atoms with Crippen molar-refractivity contribution >= 4 is 0 Å². The number of unbranched alkanes of at least 4 members (excludes halogenated alkanes) is 1. The molecule has 1 aliphatic rings. The molecule has 0 aromatic rings. The van der Waals surface area contributed by atoms with E-state index in [4.69, 9.17) is 5.11 Å². The third kappa shape index (κ3) is 4.81. The van der Waals surface area contributed by atoms with Crippen LogP contribution in [-0.4, -0.2) is 24.3 Å². The summed E-state index contributed by atoms with van der Waals surface area (Å²) in [4.78, 5) is 0. The molecule has 1 heterocycles. The number of hydrogen-bond donors (Lipinski definition) is 2. The van der Waals surface area contributed by atoms with E-state index < -0.39 is 0 Å². The molecular weight excluding hydrogens is 210 g/mol. The first kappa shape index (κ1) is 14.7. The van der Waals surface area contributed by atoms with E-state index in [1.54, 1.807) is 0 Å². The van der Waals surface area contributed by atoms with E-state index >= 15 is 0 Å². The fourth-order valence-electron chi connectivity index (χ4n) is 3.15. The zero-order valence-electron chi connectivity index (χ0n) is 11.3. The highest BCUT2D eigenvalue weighted by Gasteiger charge is 2.30. The Balaban J connectivity index is 2.52. The lowest BCUT2D eigenvalue weighted by Gasteiger charge is -2.39. The van der Waals surface area contributed by atoms with Crippen LogP contribution in [0.2, 0.25) is 0 Å². The van der Waals surface area contributed by atoms with E-state index in [0.717, 1.165) is 37.6 Å². The molecule has 0 saturated carbocycles. The van der Waals surface area contributed by atoms with Gasteiger partial charge in [0.15, 0.2) is 0 Å². The van der Waals surface area contributed by atoms with Gasteiger partial charge in [-0.25, -0.2) is 0 Å². The maximum Gasteiger partial charge on any atom is 0.0431 e. The maximum absolute atomic E-state index is 8.97. The van der Waals surface area contributed by atoms with Gasteiger partial charge in [0.25, 0.3) is 0 Å². The fourth-order valence-corrected chi connectivity index (χ4v) is 3.15. The first-order valence-corrected chi connectivity index (χ1v) is 7.28. The molecule has 100 valence electrons. The van der Waals surface area contributed by atoms with Gasteiger partial charge in [0.05, 0.1) is 0 Å². The highest BCUT2D eigenvalue weighted by Crippen LogP contribution is 2.32. The summed E-state index contributed by atoms with van der Waals surface area (Å²) >= 11 is 0. The minimum atomic E-state index is 0.318. The van der Waals surface area contributed by atoms with Crippen LogP contribution in [0, 0.1) is 11.8 Å². The second-order valence-corrected chi connectivity index (χ2v) is 5.31. The van der Waals surface area contributed by atoms with Gasteiger partial charge in [0, 0.05) is 12.6 Å². The Kier molecular flexibility index (Phi) is 7.54. The summed E-state index contributed by atoms with van der Waals surface area (Å²) in [6.45, 7) is 7.65. The summed E-state index contributed by atoms with van der Waals surface area (Å²) < 4.78 is 0. The predicted molar refractivity (Wildman–Crippen MR) is 74.0 cm³/mol. The van der Waals surface area contributed by atoms with Crippen molar-refractivity contribution in [3.05, 3.63) is 12.7 Å². The SMILES string of the molecule is C=CC[C@@H]1[C@@H](CCCC)CCN[C@H]1CCCO. The predicted octanol–water partition coefficient (Wildman–Crippen LogP) is 3.12. The lowest BCUT2D eigenvalue weighted by molar-refractivity contribution is 0.160.